The number of rotatable bonds is 6. The van der Waals surface area contributed by atoms with E-state index in [0.717, 1.165) is 0 Å². The number of amides is 2. The minimum absolute atomic E-state index is 0.0179. The maximum absolute atomic E-state index is 11.6. The van der Waals surface area contributed by atoms with Crippen LogP contribution >= 0.6 is 0 Å². The Kier molecular flexibility index (Phi) is 4.74. The monoisotopic (exact) mass is 294 g/mol. The molecular formula is C11H14N6O4. The molecule has 0 aromatic carbocycles. The number of hydrogen-bond acceptors (Lipinski definition) is 7. The molecule has 0 aliphatic heterocycles. The molecular weight excluding hydrogens is 280 g/mol. The van der Waals surface area contributed by atoms with Gasteiger partial charge in [0.15, 0.2) is 11.5 Å². The molecule has 10 heteroatoms. The van der Waals surface area contributed by atoms with Crippen LogP contribution in [0.5, 0.6) is 0 Å². The van der Waals surface area contributed by atoms with Gasteiger partial charge in [0.25, 0.3) is 11.8 Å². The Morgan fingerprint density at radius 3 is 2.48 bits per heavy atom. The molecule has 0 aliphatic rings. The minimum atomic E-state index is -0.415. The van der Waals surface area contributed by atoms with E-state index in [4.69, 9.17) is 9.47 Å². The van der Waals surface area contributed by atoms with Crippen molar-refractivity contribution in [2.75, 3.05) is 38.1 Å². The molecule has 2 aromatic heterocycles. The van der Waals surface area contributed by atoms with E-state index in [1.54, 1.807) is 0 Å². The van der Waals surface area contributed by atoms with Gasteiger partial charge in [-0.05, 0) is 0 Å². The Morgan fingerprint density at radius 2 is 1.81 bits per heavy atom. The number of nitrogens with one attached hydrogen (secondary N) is 3. The van der Waals surface area contributed by atoms with Gasteiger partial charge in [0.2, 0.25) is 5.95 Å². The van der Waals surface area contributed by atoms with Crippen LogP contribution < -0.4 is 10.6 Å². The highest BCUT2D eigenvalue weighted by Crippen LogP contribution is 2.18. The van der Waals surface area contributed by atoms with E-state index < -0.39 is 5.91 Å². The highest BCUT2D eigenvalue weighted by molar-refractivity contribution is 5.98. The highest BCUT2D eigenvalue weighted by Gasteiger charge is 2.14. The second kappa shape index (κ2) is 6.72. The van der Waals surface area contributed by atoms with Crippen LogP contribution in [0.2, 0.25) is 0 Å². The number of ether oxygens (including phenoxy) is 2. The second-order valence-electron chi connectivity index (χ2n) is 3.96. The van der Waals surface area contributed by atoms with Crippen molar-refractivity contribution in [1.82, 2.24) is 19.9 Å². The fraction of sp³-hybridized carbons (Fsp3) is 0.364. The Hall–Kier alpha value is -2.59. The molecule has 21 heavy (non-hydrogen) atoms. The van der Waals surface area contributed by atoms with Crippen LogP contribution in [-0.4, -0.2) is 59.2 Å². The zero-order valence-electron chi connectivity index (χ0n) is 11.5. The van der Waals surface area contributed by atoms with Crippen LogP contribution in [0, 0.1) is 0 Å². The van der Waals surface area contributed by atoms with Gasteiger partial charge in [-0.15, -0.1) is 0 Å². The summed E-state index contributed by atoms with van der Waals surface area (Å²) in [6.45, 7) is -0.252. The maximum Gasteiger partial charge on any atom is 0.252 e. The number of aromatic nitrogens is 4. The maximum atomic E-state index is 11.6. The van der Waals surface area contributed by atoms with Crippen LogP contribution in [-0.2, 0) is 19.1 Å². The molecule has 0 radical (unpaired) electrons. The van der Waals surface area contributed by atoms with Crippen LogP contribution in [0.15, 0.2) is 6.33 Å². The molecule has 112 valence electrons. The predicted octanol–water partition coefficient (Wildman–Crippen LogP) is -0.477. The standard InChI is InChI=1S/C11H14N6O4/c1-20-3-6(18)14-10-8-9(13-5-12-8)16-11(17-10)15-7(19)4-21-2/h5H,3-4H2,1-2H3,(H3,12,13,14,15,16,17,18,19). The number of fused-ring (bicyclic) bond motifs is 1. The van der Waals surface area contributed by atoms with Gasteiger partial charge in [0.1, 0.15) is 18.7 Å². The first-order chi connectivity index (χ1) is 10.1. The van der Waals surface area contributed by atoms with Gasteiger partial charge in [-0.2, -0.15) is 9.97 Å². The van der Waals surface area contributed by atoms with Crippen molar-refractivity contribution >= 4 is 34.7 Å². The number of imidazole rings is 1. The van der Waals surface area contributed by atoms with E-state index in [0.29, 0.717) is 11.2 Å². The smallest absolute Gasteiger partial charge is 0.252 e. The van der Waals surface area contributed by atoms with Crippen molar-refractivity contribution in [2.45, 2.75) is 0 Å². The topological polar surface area (TPSA) is 131 Å². The molecule has 0 unspecified atom stereocenters. The number of methoxy groups -OCH3 is 2. The average molecular weight is 294 g/mol. The zero-order chi connectivity index (χ0) is 15.2. The van der Waals surface area contributed by atoms with Crippen LogP contribution in [0.1, 0.15) is 0 Å². The summed E-state index contributed by atoms with van der Waals surface area (Å²) in [5.74, 6) is -0.584. The lowest BCUT2D eigenvalue weighted by atomic mass is 10.4. The lowest BCUT2D eigenvalue weighted by Crippen LogP contribution is -2.21. The molecule has 0 spiro atoms. The molecule has 2 heterocycles. The van der Waals surface area contributed by atoms with Crippen molar-refractivity contribution < 1.29 is 19.1 Å². The van der Waals surface area contributed by atoms with Crippen molar-refractivity contribution in [3.63, 3.8) is 0 Å². The van der Waals surface area contributed by atoms with Gasteiger partial charge in [0, 0.05) is 14.2 Å². The Labute approximate surface area is 119 Å². The zero-order valence-corrected chi connectivity index (χ0v) is 11.5. The quantitative estimate of drug-likeness (QED) is 0.655. The number of carbonyl (C=O) groups excluding carboxylic acids is 2. The van der Waals surface area contributed by atoms with E-state index in [-0.39, 0.29) is 30.9 Å². The predicted molar refractivity (Wildman–Crippen MR) is 72.7 cm³/mol. The van der Waals surface area contributed by atoms with Crippen LogP contribution in [0.25, 0.3) is 11.2 Å². The van der Waals surface area contributed by atoms with E-state index in [1.165, 1.54) is 20.5 Å². The third-order valence-corrected chi connectivity index (χ3v) is 2.35. The van der Waals surface area contributed by atoms with Gasteiger partial charge in [-0.3, -0.25) is 14.9 Å². The molecule has 0 saturated carbocycles. The van der Waals surface area contributed by atoms with E-state index in [2.05, 4.69) is 30.6 Å². The van der Waals surface area contributed by atoms with E-state index >= 15 is 0 Å². The molecule has 0 bridgehead atoms. The van der Waals surface area contributed by atoms with Gasteiger partial charge in [-0.25, -0.2) is 4.98 Å². The largest absolute Gasteiger partial charge is 0.375 e. The highest BCUT2D eigenvalue weighted by atomic mass is 16.5. The number of H-pyrrole nitrogens is 1. The Balaban J connectivity index is 2.27. The molecule has 3 N–H and O–H groups in total. The molecule has 0 fully saturated rings. The molecule has 0 aliphatic carbocycles. The number of carbonyl (C=O) groups is 2. The Bertz CT molecular complexity index is 655. The number of aromatic amines is 1. The fourth-order valence-corrected chi connectivity index (χ4v) is 1.57. The van der Waals surface area contributed by atoms with Gasteiger partial charge in [-0.1, -0.05) is 0 Å². The summed E-state index contributed by atoms with van der Waals surface area (Å²) in [6, 6.07) is 0. The molecule has 0 saturated heterocycles. The summed E-state index contributed by atoms with van der Waals surface area (Å²) in [6.07, 6.45) is 1.41. The summed E-state index contributed by atoms with van der Waals surface area (Å²) >= 11 is 0. The molecule has 10 nitrogen and oxygen atoms in total. The Morgan fingerprint density at radius 1 is 1.14 bits per heavy atom. The summed E-state index contributed by atoms with van der Waals surface area (Å²) in [7, 11) is 2.80. The van der Waals surface area contributed by atoms with Crippen LogP contribution in [0.3, 0.4) is 0 Å². The summed E-state index contributed by atoms with van der Waals surface area (Å²) < 4.78 is 9.43. The van der Waals surface area contributed by atoms with E-state index in [1.807, 2.05) is 0 Å². The van der Waals surface area contributed by atoms with E-state index in [9.17, 15) is 9.59 Å². The lowest BCUT2D eigenvalue weighted by Gasteiger charge is -2.07. The fourth-order valence-electron chi connectivity index (χ4n) is 1.57. The number of nitrogens with zero attached hydrogens (tertiary/aromatic N) is 3. The minimum Gasteiger partial charge on any atom is -0.375 e. The first-order valence-corrected chi connectivity index (χ1v) is 5.92. The van der Waals surface area contributed by atoms with Crippen molar-refractivity contribution in [3.8, 4) is 0 Å². The van der Waals surface area contributed by atoms with Gasteiger partial charge >= 0.3 is 0 Å². The normalized spacial score (nSPS) is 10.6. The molecule has 0 atom stereocenters. The SMILES string of the molecule is COCC(=O)Nc1nc(NC(=O)COC)c2[nH]cnc2n1. The molecule has 2 rings (SSSR count). The summed E-state index contributed by atoms with van der Waals surface area (Å²) in [5.41, 5.74) is 0.759. The van der Waals surface area contributed by atoms with Crippen molar-refractivity contribution in [3.05, 3.63) is 6.33 Å². The van der Waals surface area contributed by atoms with Crippen molar-refractivity contribution in [2.24, 2.45) is 0 Å². The number of anilines is 2. The number of hydrogen-bond donors (Lipinski definition) is 3. The average Bonchev–Trinajstić information content (AvgIpc) is 2.87. The first-order valence-electron chi connectivity index (χ1n) is 5.92. The molecule has 2 amide bonds. The first kappa shape index (κ1) is 14.8. The lowest BCUT2D eigenvalue weighted by molar-refractivity contribution is -0.120. The van der Waals surface area contributed by atoms with Gasteiger partial charge < -0.3 is 19.8 Å². The third kappa shape index (κ3) is 3.70. The van der Waals surface area contributed by atoms with Gasteiger partial charge in [0.05, 0.1) is 6.33 Å². The van der Waals surface area contributed by atoms with Crippen molar-refractivity contribution in [1.29, 1.82) is 0 Å². The summed E-state index contributed by atoms with van der Waals surface area (Å²) in [5, 5.41) is 5.00. The third-order valence-electron chi connectivity index (χ3n) is 2.35. The molecule has 2 aromatic rings. The summed E-state index contributed by atoms with van der Waals surface area (Å²) in [4.78, 5) is 37.9. The second-order valence-corrected chi connectivity index (χ2v) is 3.96. The van der Waals surface area contributed by atoms with Crippen LogP contribution in [0.4, 0.5) is 11.8 Å².